The minimum atomic E-state index is 0.525. The molecule has 0 amide bonds. The number of nitrogens with one attached hydrogen (secondary N) is 1. The summed E-state index contributed by atoms with van der Waals surface area (Å²) in [6.07, 6.45) is 3.47. The summed E-state index contributed by atoms with van der Waals surface area (Å²) >= 11 is 5.76. The van der Waals surface area contributed by atoms with Gasteiger partial charge < -0.3 is 5.32 Å². The summed E-state index contributed by atoms with van der Waals surface area (Å²) in [4.78, 5) is 8.27. The van der Waals surface area contributed by atoms with Gasteiger partial charge >= 0.3 is 0 Å². The van der Waals surface area contributed by atoms with E-state index in [0.717, 1.165) is 17.1 Å². The van der Waals surface area contributed by atoms with Gasteiger partial charge in [-0.25, -0.2) is 9.97 Å². The van der Waals surface area contributed by atoms with Gasteiger partial charge in [0.05, 0.1) is 6.54 Å². The fraction of sp³-hybridized carbons (Fsp3) is 0.167. The fourth-order valence-corrected chi connectivity index (χ4v) is 1.53. The van der Waals surface area contributed by atoms with Crippen molar-refractivity contribution in [2.75, 3.05) is 5.32 Å². The van der Waals surface area contributed by atoms with E-state index in [1.165, 1.54) is 0 Å². The molecule has 82 valence electrons. The molecular weight excluding hydrogens is 222 g/mol. The molecule has 0 aliphatic heterocycles. The predicted octanol–water partition coefficient (Wildman–Crippen LogP) is 2.83. The summed E-state index contributed by atoms with van der Waals surface area (Å²) in [5, 5.41) is 3.25. The first-order valence-corrected chi connectivity index (χ1v) is 5.56. The molecule has 0 fully saturated rings. The zero-order valence-corrected chi connectivity index (χ0v) is 9.48. The third kappa shape index (κ3) is 2.94. The van der Waals surface area contributed by atoms with Crippen molar-refractivity contribution in [3.05, 3.63) is 54.1 Å². The van der Waals surface area contributed by atoms with Gasteiger partial charge in [-0.05, 0) is 23.8 Å². The van der Waals surface area contributed by atoms with Gasteiger partial charge in [0.2, 0.25) is 0 Å². The maximum Gasteiger partial charge on any atom is 0.147 e. The first-order valence-electron chi connectivity index (χ1n) is 5.03. The number of rotatable bonds is 4. The lowest BCUT2D eigenvalue weighted by atomic mass is 10.2. The molecule has 0 radical (unpaired) electrons. The maximum absolute atomic E-state index is 5.76. The Bertz CT molecular complexity index is 445. The van der Waals surface area contributed by atoms with Crippen molar-refractivity contribution in [3.8, 4) is 0 Å². The summed E-state index contributed by atoms with van der Waals surface area (Å²) < 4.78 is 0. The Labute approximate surface area is 99.5 Å². The molecule has 0 aliphatic rings. The standard InChI is InChI=1S/C12H12ClN3/c13-8-10-3-1-4-11(7-10)16-9-12-14-5-2-6-15-12/h1-7,16H,8-9H2. The van der Waals surface area contributed by atoms with Crippen molar-refractivity contribution < 1.29 is 0 Å². The maximum atomic E-state index is 5.76. The second kappa shape index (κ2) is 5.47. The van der Waals surface area contributed by atoms with E-state index >= 15 is 0 Å². The molecule has 0 aliphatic carbocycles. The molecule has 1 aromatic carbocycles. The first-order chi connectivity index (χ1) is 7.88. The van der Waals surface area contributed by atoms with Crippen molar-refractivity contribution in [2.24, 2.45) is 0 Å². The fourth-order valence-electron chi connectivity index (χ4n) is 1.37. The van der Waals surface area contributed by atoms with Crippen LogP contribution in [0.2, 0.25) is 0 Å². The van der Waals surface area contributed by atoms with Crippen LogP contribution >= 0.6 is 11.6 Å². The first kappa shape index (κ1) is 10.9. The summed E-state index contributed by atoms with van der Waals surface area (Å²) in [5.74, 6) is 1.30. The Morgan fingerprint density at radius 1 is 1.12 bits per heavy atom. The highest BCUT2D eigenvalue weighted by Gasteiger charge is 1.96. The molecule has 0 atom stereocenters. The van der Waals surface area contributed by atoms with Crippen molar-refractivity contribution in [3.63, 3.8) is 0 Å². The number of aromatic nitrogens is 2. The second-order valence-electron chi connectivity index (χ2n) is 3.35. The molecule has 0 saturated heterocycles. The number of hydrogen-bond donors (Lipinski definition) is 1. The zero-order chi connectivity index (χ0) is 11.2. The highest BCUT2D eigenvalue weighted by molar-refractivity contribution is 6.17. The largest absolute Gasteiger partial charge is 0.378 e. The quantitative estimate of drug-likeness (QED) is 0.826. The van der Waals surface area contributed by atoms with Crippen LogP contribution in [0, 0.1) is 0 Å². The summed E-state index contributed by atoms with van der Waals surface area (Å²) in [6, 6.07) is 9.80. The topological polar surface area (TPSA) is 37.8 Å². The van der Waals surface area contributed by atoms with Crippen LogP contribution in [0.4, 0.5) is 5.69 Å². The average Bonchev–Trinajstić information content (AvgIpc) is 2.38. The molecule has 16 heavy (non-hydrogen) atoms. The van der Waals surface area contributed by atoms with Crippen LogP contribution in [0.5, 0.6) is 0 Å². The molecule has 3 nitrogen and oxygen atoms in total. The van der Waals surface area contributed by atoms with Gasteiger partial charge in [0.1, 0.15) is 5.82 Å². The van der Waals surface area contributed by atoms with Crippen LogP contribution in [0.15, 0.2) is 42.7 Å². The summed E-state index contributed by atoms with van der Waals surface area (Å²) in [6.45, 7) is 0.618. The molecule has 2 rings (SSSR count). The van der Waals surface area contributed by atoms with Crippen LogP contribution < -0.4 is 5.32 Å². The van der Waals surface area contributed by atoms with E-state index in [4.69, 9.17) is 11.6 Å². The van der Waals surface area contributed by atoms with Gasteiger partial charge in [-0.3, -0.25) is 0 Å². The molecule has 1 heterocycles. The van der Waals surface area contributed by atoms with Crippen molar-refractivity contribution >= 4 is 17.3 Å². The second-order valence-corrected chi connectivity index (χ2v) is 3.62. The van der Waals surface area contributed by atoms with E-state index in [0.29, 0.717) is 12.4 Å². The summed E-state index contributed by atoms with van der Waals surface area (Å²) in [5.41, 5.74) is 2.13. The van der Waals surface area contributed by atoms with E-state index in [1.807, 2.05) is 24.3 Å². The van der Waals surface area contributed by atoms with E-state index in [2.05, 4.69) is 15.3 Å². The molecule has 0 spiro atoms. The molecule has 0 unspecified atom stereocenters. The zero-order valence-electron chi connectivity index (χ0n) is 8.73. The highest BCUT2D eigenvalue weighted by Crippen LogP contribution is 2.12. The number of halogens is 1. The number of alkyl halides is 1. The SMILES string of the molecule is ClCc1cccc(NCc2ncccn2)c1. The summed E-state index contributed by atoms with van der Waals surface area (Å²) in [7, 11) is 0. The molecule has 1 N–H and O–H groups in total. The van der Waals surface area contributed by atoms with Crippen LogP contribution in [-0.4, -0.2) is 9.97 Å². The van der Waals surface area contributed by atoms with Gasteiger partial charge in [0.25, 0.3) is 0 Å². The lowest BCUT2D eigenvalue weighted by molar-refractivity contribution is 0.948. The Hall–Kier alpha value is -1.61. The minimum Gasteiger partial charge on any atom is -0.378 e. The third-order valence-corrected chi connectivity index (χ3v) is 2.46. The molecule has 1 aromatic heterocycles. The predicted molar refractivity (Wildman–Crippen MR) is 65.4 cm³/mol. The van der Waals surface area contributed by atoms with Crippen LogP contribution in [0.1, 0.15) is 11.4 Å². The molecular formula is C12H12ClN3. The van der Waals surface area contributed by atoms with Crippen molar-refractivity contribution in [2.45, 2.75) is 12.4 Å². The Morgan fingerprint density at radius 2 is 1.94 bits per heavy atom. The smallest absolute Gasteiger partial charge is 0.147 e. The van der Waals surface area contributed by atoms with Gasteiger partial charge in [0.15, 0.2) is 0 Å². The minimum absolute atomic E-state index is 0.525. The van der Waals surface area contributed by atoms with E-state index < -0.39 is 0 Å². The van der Waals surface area contributed by atoms with Gasteiger partial charge in [0, 0.05) is 24.0 Å². The Kier molecular flexibility index (Phi) is 3.72. The van der Waals surface area contributed by atoms with Gasteiger partial charge in [-0.1, -0.05) is 12.1 Å². The van der Waals surface area contributed by atoms with E-state index in [9.17, 15) is 0 Å². The molecule has 0 bridgehead atoms. The number of benzene rings is 1. The molecule has 2 aromatic rings. The van der Waals surface area contributed by atoms with E-state index in [-0.39, 0.29) is 0 Å². The van der Waals surface area contributed by atoms with Crippen LogP contribution in [-0.2, 0) is 12.4 Å². The number of hydrogen-bond acceptors (Lipinski definition) is 3. The lowest BCUT2D eigenvalue weighted by Gasteiger charge is -2.06. The Morgan fingerprint density at radius 3 is 2.69 bits per heavy atom. The lowest BCUT2D eigenvalue weighted by Crippen LogP contribution is -2.03. The van der Waals surface area contributed by atoms with Gasteiger partial charge in [-0.15, -0.1) is 11.6 Å². The highest BCUT2D eigenvalue weighted by atomic mass is 35.5. The van der Waals surface area contributed by atoms with Crippen molar-refractivity contribution in [1.29, 1.82) is 0 Å². The monoisotopic (exact) mass is 233 g/mol. The van der Waals surface area contributed by atoms with Crippen molar-refractivity contribution in [1.82, 2.24) is 9.97 Å². The van der Waals surface area contributed by atoms with E-state index in [1.54, 1.807) is 18.5 Å². The number of nitrogens with zero attached hydrogens (tertiary/aromatic N) is 2. The normalized spacial score (nSPS) is 10.1. The van der Waals surface area contributed by atoms with Crippen LogP contribution in [0.3, 0.4) is 0 Å². The average molecular weight is 234 g/mol. The van der Waals surface area contributed by atoms with Gasteiger partial charge in [-0.2, -0.15) is 0 Å². The van der Waals surface area contributed by atoms with Crippen LogP contribution in [0.25, 0.3) is 0 Å². The third-order valence-electron chi connectivity index (χ3n) is 2.15. The molecule has 0 saturated carbocycles. The number of anilines is 1. The Balaban J connectivity index is 1.99. The molecule has 4 heteroatoms.